The van der Waals surface area contributed by atoms with E-state index in [-0.39, 0.29) is 6.04 Å². The Morgan fingerprint density at radius 2 is 2.12 bits per heavy atom. The Balaban J connectivity index is 2.13. The van der Waals surface area contributed by atoms with Crippen molar-refractivity contribution in [3.63, 3.8) is 0 Å². The summed E-state index contributed by atoms with van der Waals surface area (Å²) >= 11 is 1.56. The van der Waals surface area contributed by atoms with Crippen LogP contribution in [0.15, 0.2) is 36.8 Å². The van der Waals surface area contributed by atoms with Crippen molar-refractivity contribution < 1.29 is 0 Å². The van der Waals surface area contributed by atoms with Crippen molar-refractivity contribution in [3.05, 3.63) is 48.2 Å². The smallest absolute Gasteiger partial charge is 0.0954 e. The van der Waals surface area contributed by atoms with Crippen LogP contribution in [0.25, 0.3) is 10.1 Å². The van der Waals surface area contributed by atoms with Gasteiger partial charge in [0.05, 0.1) is 22.8 Å². The summed E-state index contributed by atoms with van der Waals surface area (Å²) in [4.78, 5) is 4.17. The average Bonchev–Trinajstić information content (AvgIpc) is 2.94. The molecule has 0 amide bonds. The van der Waals surface area contributed by atoms with E-state index in [1.54, 1.807) is 11.5 Å². The number of benzene rings is 1. The maximum absolute atomic E-state index is 4.59. The van der Waals surface area contributed by atoms with Crippen molar-refractivity contribution in [1.29, 1.82) is 0 Å². The van der Waals surface area contributed by atoms with Crippen LogP contribution in [0, 0.1) is 6.92 Å². The number of fused-ring (bicyclic) bond motifs is 1. The molecule has 2 aromatic heterocycles. The van der Waals surface area contributed by atoms with Crippen molar-refractivity contribution in [3.8, 4) is 0 Å². The summed E-state index contributed by atoms with van der Waals surface area (Å²) < 4.78 is 7.98. The highest BCUT2D eigenvalue weighted by molar-refractivity contribution is 7.13. The second kappa shape index (κ2) is 3.96. The van der Waals surface area contributed by atoms with Crippen molar-refractivity contribution >= 4 is 21.6 Å². The van der Waals surface area contributed by atoms with E-state index in [9.17, 15) is 0 Å². The second-order valence-corrected chi connectivity index (χ2v) is 4.99. The minimum absolute atomic E-state index is 0.230. The Kier molecular flexibility index (Phi) is 2.44. The van der Waals surface area contributed by atoms with Gasteiger partial charge < -0.3 is 4.57 Å². The molecular weight excluding hydrogens is 230 g/mol. The summed E-state index contributed by atoms with van der Waals surface area (Å²) in [5, 5.41) is 1.25. The van der Waals surface area contributed by atoms with Gasteiger partial charge in [0.25, 0.3) is 0 Å². The van der Waals surface area contributed by atoms with Gasteiger partial charge in [-0.05, 0) is 31.4 Å². The van der Waals surface area contributed by atoms with E-state index in [1.165, 1.54) is 10.1 Å². The molecule has 2 heterocycles. The van der Waals surface area contributed by atoms with Gasteiger partial charge in [0, 0.05) is 17.3 Å². The molecule has 0 aliphatic carbocycles. The van der Waals surface area contributed by atoms with E-state index in [4.69, 9.17) is 0 Å². The molecular formula is C13H13N3S. The molecule has 0 bridgehead atoms. The molecule has 3 nitrogen and oxygen atoms in total. The normalized spacial score (nSPS) is 13.1. The summed E-state index contributed by atoms with van der Waals surface area (Å²) in [5.41, 5.74) is 2.29. The zero-order valence-electron chi connectivity index (χ0n) is 9.79. The molecule has 3 rings (SSSR count). The van der Waals surface area contributed by atoms with Gasteiger partial charge in [0.15, 0.2) is 0 Å². The molecule has 3 aromatic rings. The third-order valence-corrected chi connectivity index (χ3v) is 3.92. The van der Waals surface area contributed by atoms with Crippen molar-refractivity contribution in [2.45, 2.75) is 19.9 Å². The van der Waals surface area contributed by atoms with Gasteiger partial charge in [0.2, 0.25) is 0 Å². The first-order valence-electron chi connectivity index (χ1n) is 5.60. The van der Waals surface area contributed by atoms with Crippen LogP contribution < -0.4 is 0 Å². The van der Waals surface area contributed by atoms with Crippen molar-refractivity contribution in [1.82, 2.24) is 13.9 Å². The predicted molar refractivity (Wildman–Crippen MR) is 70.4 cm³/mol. The fraction of sp³-hybridized carbons (Fsp3) is 0.231. The summed E-state index contributed by atoms with van der Waals surface area (Å²) in [6.07, 6.45) is 3.75. The Bertz CT molecular complexity index is 653. The molecule has 0 aliphatic rings. The van der Waals surface area contributed by atoms with Crippen LogP contribution in [-0.4, -0.2) is 13.9 Å². The molecule has 1 atom stereocenters. The number of hydrogen-bond donors (Lipinski definition) is 0. The topological polar surface area (TPSA) is 30.7 Å². The van der Waals surface area contributed by atoms with Gasteiger partial charge in [-0.15, -0.1) is 0 Å². The summed E-state index contributed by atoms with van der Waals surface area (Å²) in [7, 11) is 0. The van der Waals surface area contributed by atoms with Gasteiger partial charge in [-0.1, -0.05) is 18.2 Å². The second-order valence-electron chi connectivity index (χ2n) is 4.18. The number of aryl methyl sites for hydroxylation is 1. The molecule has 4 heteroatoms. The number of rotatable bonds is 2. The van der Waals surface area contributed by atoms with E-state index in [0.29, 0.717) is 0 Å². The van der Waals surface area contributed by atoms with Gasteiger partial charge >= 0.3 is 0 Å². The van der Waals surface area contributed by atoms with Crippen LogP contribution in [0.5, 0.6) is 0 Å². The third kappa shape index (κ3) is 1.65. The van der Waals surface area contributed by atoms with E-state index in [1.807, 2.05) is 12.5 Å². The molecule has 0 saturated heterocycles. The highest BCUT2D eigenvalue weighted by Crippen LogP contribution is 2.29. The number of hydrogen-bond acceptors (Lipinski definition) is 3. The Hall–Kier alpha value is -1.68. The molecule has 86 valence electrons. The van der Waals surface area contributed by atoms with Gasteiger partial charge in [0.1, 0.15) is 0 Å². The van der Waals surface area contributed by atoms with E-state index >= 15 is 0 Å². The molecule has 0 saturated carbocycles. The predicted octanol–water partition coefficient (Wildman–Crippen LogP) is 3.41. The Morgan fingerprint density at radius 1 is 1.29 bits per heavy atom. The molecule has 17 heavy (non-hydrogen) atoms. The maximum atomic E-state index is 4.59. The average molecular weight is 243 g/mol. The minimum Gasteiger partial charge on any atom is -0.326 e. The Labute approximate surface area is 104 Å². The zero-order chi connectivity index (χ0) is 11.8. The minimum atomic E-state index is 0.230. The number of imidazole rings is 1. The summed E-state index contributed by atoms with van der Waals surface area (Å²) in [6.45, 7) is 4.23. The van der Waals surface area contributed by atoms with E-state index in [0.717, 1.165) is 11.4 Å². The molecule has 0 aliphatic heterocycles. The quantitative estimate of drug-likeness (QED) is 0.690. The monoisotopic (exact) mass is 243 g/mol. The fourth-order valence-electron chi connectivity index (χ4n) is 2.11. The molecule has 0 fully saturated rings. The number of aromatic nitrogens is 3. The Morgan fingerprint density at radius 3 is 2.88 bits per heavy atom. The van der Waals surface area contributed by atoms with Crippen LogP contribution in [0.2, 0.25) is 0 Å². The third-order valence-electron chi connectivity index (χ3n) is 3.08. The lowest BCUT2D eigenvalue weighted by atomic mass is 10.1. The number of nitrogens with zero attached hydrogens (tertiary/aromatic N) is 3. The molecule has 0 radical (unpaired) electrons. The lowest BCUT2D eigenvalue weighted by Gasteiger charge is -2.13. The first-order chi connectivity index (χ1) is 8.27. The lowest BCUT2D eigenvalue weighted by Crippen LogP contribution is -2.07. The largest absolute Gasteiger partial charge is 0.326 e. The van der Waals surface area contributed by atoms with Crippen LogP contribution >= 0.6 is 11.5 Å². The van der Waals surface area contributed by atoms with Gasteiger partial charge in [-0.25, -0.2) is 4.98 Å². The van der Waals surface area contributed by atoms with Gasteiger partial charge in [-0.2, -0.15) is 4.37 Å². The SMILES string of the molecule is Cc1cncn1C(C)c1nsc2ccccc12. The van der Waals surface area contributed by atoms with Crippen LogP contribution in [0.4, 0.5) is 0 Å². The van der Waals surface area contributed by atoms with Crippen molar-refractivity contribution in [2.75, 3.05) is 0 Å². The van der Waals surface area contributed by atoms with Crippen LogP contribution in [0.1, 0.15) is 24.4 Å². The molecule has 1 unspecified atom stereocenters. The van der Waals surface area contributed by atoms with Crippen LogP contribution in [0.3, 0.4) is 0 Å². The first-order valence-corrected chi connectivity index (χ1v) is 6.37. The molecule has 0 N–H and O–H groups in total. The van der Waals surface area contributed by atoms with Crippen LogP contribution in [-0.2, 0) is 0 Å². The van der Waals surface area contributed by atoms with Crippen molar-refractivity contribution in [2.24, 2.45) is 0 Å². The summed E-state index contributed by atoms with van der Waals surface area (Å²) in [5.74, 6) is 0. The van der Waals surface area contributed by atoms with E-state index < -0.39 is 0 Å². The van der Waals surface area contributed by atoms with Gasteiger partial charge in [-0.3, -0.25) is 0 Å². The van der Waals surface area contributed by atoms with E-state index in [2.05, 4.69) is 52.0 Å². The first kappa shape index (κ1) is 10.5. The standard InChI is InChI=1S/C13H13N3S/c1-9-7-14-8-16(9)10(2)13-11-5-3-4-6-12(11)17-15-13/h3-8,10H,1-2H3. The molecule has 1 aromatic carbocycles. The zero-order valence-corrected chi connectivity index (χ0v) is 10.6. The highest BCUT2D eigenvalue weighted by atomic mass is 32.1. The molecule has 0 spiro atoms. The summed E-state index contributed by atoms with van der Waals surface area (Å²) in [6, 6.07) is 8.60. The fourth-order valence-corrected chi connectivity index (χ4v) is 2.97. The highest BCUT2D eigenvalue weighted by Gasteiger charge is 2.15. The lowest BCUT2D eigenvalue weighted by molar-refractivity contribution is 0.615. The maximum Gasteiger partial charge on any atom is 0.0954 e.